The molecule has 0 radical (unpaired) electrons. The highest BCUT2D eigenvalue weighted by Gasteiger charge is 2.46. The summed E-state index contributed by atoms with van der Waals surface area (Å²) in [5, 5.41) is 0. The Morgan fingerprint density at radius 2 is 1.74 bits per heavy atom. The first-order valence-corrected chi connectivity index (χ1v) is 7.54. The van der Waals surface area contributed by atoms with E-state index in [0.29, 0.717) is 11.7 Å². The van der Waals surface area contributed by atoms with E-state index in [-0.39, 0.29) is 0 Å². The van der Waals surface area contributed by atoms with Gasteiger partial charge in [-0.2, -0.15) is 0 Å². The molecule has 1 atom stereocenters. The summed E-state index contributed by atoms with van der Waals surface area (Å²) >= 11 is 0. The quantitative estimate of drug-likeness (QED) is 0.759. The van der Waals surface area contributed by atoms with Gasteiger partial charge in [-0.05, 0) is 70.2 Å². The van der Waals surface area contributed by atoms with E-state index < -0.39 is 0 Å². The second-order valence-electron chi connectivity index (χ2n) is 6.76. The highest BCUT2D eigenvalue weighted by Crippen LogP contribution is 2.42. The predicted molar refractivity (Wildman–Crippen MR) is 81.8 cm³/mol. The first kappa shape index (κ1) is 13.0. The maximum absolute atomic E-state index is 2.69. The van der Waals surface area contributed by atoms with Crippen molar-refractivity contribution in [2.45, 2.75) is 59.2 Å². The molecule has 3 saturated heterocycles. The molecule has 0 spiro atoms. The van der Waals surface area contributed by atoms with E-state index in [1.165, 1.54) is 48.3 Å². The lowest BCUT2D eigenvalue weighted by Gasteiger charge is -2.60. The lowest BCUT2D eigenvalue weighted by atomic mass is 9.82. The van der Waals surface area contributed by atoms with Crippen LogP contribution in [-0.2, 0) is 0 Å². The minimum atomic E-state index is 0.346. The maximum Gasteiger partial charge on any atom is 0.0798 e. The van der Waals surface area contributed by atoms with Crippen LogP contribution in [0.1, 0.15) is 43.4 Å². The van der Waals surface area contributed by atoms with Crippen molar-refractivity contribution in [3.8, 4) is 0 Å². The molecule has 0 unspecified atom stereocenters. The van der Waals surface area contributed by atoms with E-state index in [0.717, 1.165) is 0 Å². The van der Waals surface area contributed by atoms with Gasteiger partial charge in [0, 0.05) is 24.3 Å². The van der Waals surface area contributed by atoms with Gasteiger partial charge in [0.15, 0.2) is 0 Å². The third-order valence-corrected chi connectivity index (χ3v) is 5.40. The first-order valence-electron chi connectivity index (χ1n) is 7.54. The number of benzene rings is 1. The van der Waals surface area contributed by atoms with Crippen LogP contribution in [0.3, 0.4) is 0 Å². The van der Waals surface area contributed by atoms with Crippen molar-refractivity contribution in [3.63, 3.8) is 0 Å². The first-order chi connectivity index (χ1) is 8.92. The minimum Gasteiger partial charge on any atom is -0.350 e. The zero-order valence-electron chi connectivity index (χ0n) is 13.0. The summed E-state index contributed by atoms with van der Waals surface area (Å²) in [5.41, 5.74) is 6.05. The predicted octanol–water partition coefficient (Wildman–Crippen LogP) is 3.63. The Bertz CT molecular complexity index is 498. The average Bonchev–Trinajstić information content (AvgIpc) is 2.35. The summed E-state index contributed by atoms with van der Waals surface area (Å²) in [4.78, 5) is 5.32. The van der Waals surface area contributed by atoms with Crippen molar-refractivity contribution in [3.05, 3.63) is 28.8 Å². The molecular formula is C17H26N2. The molecule has 2 heteroatoms. The Morgan fingerprint density at radius 1 is 1.11 bits per heavy atom. The molecule has 0 aliphatic carbocycles. The number of hydrogen-bond donors (Lipinski definition) is 0. The summed E-state index contributed by atoms with van der Waals surface area (Å²) in [5.74, 6) is 0. The molecule has 3 heterocycles. The smallest absolute Gasteiger partial charge is 0.0798 e. The van der Waals surface area contributed by atoms with Crippen LogP contribution in [0.4, 0.5) is 5.69 Å². The summed E-state index contributed by atoms with van der Waals surface area (Å²) in [6.45, 7) is 14.1. The van der Waals surface area contributed by atoms with Gasteiger partial charge in [-0.1, -0.05) is 6.07 Å². The van der Waals surface area contributed by atoms with Crippen molar-refractivity contribution in [2.24, 2.45) is 0 Å². The Balaban J connectivity index is 2.11. The van der Waals surface area contributed by atoms with E-state index in [4.69, 9.17) is 0 Å². The molecule has 1 aromatic rings. The van der Waals surface area contributed by atoms with Crippen LogP contribution in [0.15, 0.2) is 12.1 Å². The van der Waals surface area contributed by atoms with Gasteiger partial charge in [0.1, 0.15) is 0 Å². The average molecular weight is 258 g/mol. The van der Waals surface area contributed by atoms with Crippen molar-refractivity contribution in [1.29, 1.82) is 0 Å². The van der Waals surface area contributed by atoms with Crippen LogP contribution >= 0.6 is 0 Å². The van der Waals surface area contributed by atoms with Crippen LogP contribution in [0, 0.1) is 20.8 Å². The summed E-state index contributed by atoms with van der Waals surface area (Å²) in [6.07, 6.45) is 3.13. The normalized spacial score (nSPS) is 33.8. The molecule has 2 nitrogen and oxygen atoms in total. The number of hydrogen-bond acceptors (Lipinski definition) is 2. The van der Waals surface area contributed by atoms with Gasteiger partial charge in [-0.25, -0.2) is 0 Å². The lowest BCUT2D eigenvalue weighted by molar-refractivity contribution is 0.0485. The van der Waals surface area contributed by atoms with Crippen molar-refractivity contribution in [1.82, 2.24) is 4.90 Å². The minimum absolute atomic E-state index is 0.346. The van der Waals surface area contributed by atoms with Crippen LogP contribution in [0.25, 0.3) is 0 Å². The topological polar surface area (TPSA) is 6.48 Å². The van der Waals surface area contributed by atoms with Crippen LogP contribution in [0.2, 0.25) is 0 Å². The Kier molecular flexibility index (Phi) is 2.90. The molecule has 4 rings (SSSR count). The number of rotatable bonds is 1. The molecule has 0 amide bonds. The van der Waals surface area contributed by atoms with E-state index in [9.17, 15) is 0 Å². The van der Waals surface area contributed by atoms with Gasteiger partial charge in [0.2, 0.25) is 0 Å². The number of piperidine rings is 1. The fourth-order valence-corrected chi connectivity index (χ4v) is 3.99. The third kappa shape index (κ3) is 1.88. The third-order valence-electron chi connectivity index (χ3n) is 5.40. The molecule has 2 bridgehead atoms. The monoisotopic (exact) mass is 258 g/mol. The fourth-order valence-electron chi connectivity index (χ4n) is 3.99. The summed E-state index contributed by atoms with van der Waals surface area (Å²) in [6, 6.07) is 4.68. The molecule has 0 aromatic heterocycles. The van der Waals surface area contributed by atoms with E-state index in [1.54, 1.807) is 0 Å². The molecule has 0 N–H and O–H groups in total. The molecular weight excluding hydrogens is 232 g/mol. The summed E-state index contributed by atoms with van der Waals surface area (Å²) < 4.78 is 0. The Hall–Kier alpha value is -1.02. The molecule has 3 aliphatic rings. The van der Waals surface area contributed by atoms with Crippen LogP contribution in [0.5, 0.6) is 0 Å². The van der Waals surface area contributed by atoms with Gasteiger partial charge < -0.3 is 4.90 Å². The molecule has 19 heavy (non-hydrogen) atoms. The zero-order valence-corrected chi connectivity index (χ0v) is 13.0. The number of fused-ring (bicyclic) bond motifs is 3. The van der Waals surface area contributed by atoms with Crippen LogP contribution in [-0.4, -0.2) is 29.7 Å². The second kappa shape index (κ2) is 4.24. The SMILES string of the molecule is Cc1cc(C)c(C)c(N2[C@@H](C)N3CCC2(C)CC3)c1. The zero-order chi connectivity index (χ0) is 13.8. The Morgan fingerprint density at radius 3 is 2.32 bits per heavy atom. The van der Waals surface area contributed by atoms with Crippen molar-refractivity contribution >= 4 is 5.69 Å². The van der Waals surface area contributed by atoms with E-state index in [1.807, 2.05) is 0 Å². The second-order valence-corrected chi connectivity index (χ2v) is 6.76. The molecule has 1 aromatic carbocycles. The van der Waals surface area contributed by atoms with Crippen LogP contribution < -0.4 is 4.90 Å². The van der Waals surface area contributed by atoms with E-state index in [2.05, 4.69) is 56.6 Å². The molecule has 0 saturated carbocycles. The van der Waals surface area contributed by atoms with Crippen molar-refractivity contribution < 1.29 is 0 Å². The Labute approximate surface area is 117 Å². The van der Waals surface area contributed by atoms with Gasteiger partial charge in [0.25, 0.3) is 0 Å². The largest absolute Gasteiger partial charge is 0.350 e. The van der Waals surface area contributed by atoms with E-state index >= 15 is 0 Å². The van der Waals surface area contributed by atoms with Gasteiger partial charge in [-0.15, -0.1) is 0 Å². The van der Waals surface area contributed by atoms with Gasteiger partial charge >= 0.3 is 0 Å². The summed E-state index contributed by atoms with van der Waals surface area (Å²) in [7, 11) is 0. The number of aryl methyl sites for hydroxylation is 2. The molecule has 3 fully saturated rings. The lowest BCUT2D eigenvalue weighted by Crippen LogP contribution is -2.68. The standard InChI is InChI=1S/C17H26N2/c1-12-10-13(2)14(3)16(11-12)19-15(4)18-8-6-17(19,5)7-9-18/h10-11,15H,6-9H2,1-5H3/t15-/m0/s1. The van der Waals surface area contributed by atoms with Gasteiger partial charge in [-0.3, -0.25) is 4.90 Å². The van der Waals surface area contributed by atoms with Gasteiger partial charge in [0.05, 0.1) is 6.17 Å². The van der Waals surface area contributed by atoms with Crippen molar-refractivity contribution in [2.75, 3.05) is 18.0 Å². The highest BCUT2D eigenvalue weighted by atomic mass is 15.4. The number of nitrogens with zero attached hydrogens (tertiary/aromatic N) is 2. The molecule has 104 valence electrons. The number of anilines is 1. The highest BCUT2D eigenvalue weighted by molar-refractivity contribution is 5.61. The fraction of sp³-hybridized carbons (Fsp3) is 0.647. The molecule has 3 aliphatic heterocycles. The maximum atomic E-state index is 2.69.